The minimum Gasteiger partial charge on any atom is -0.339 e. The third-order valence-corrected chi connectivity index (χ3v) is 5.78. The average molecular weight is 379 g/mol. The molecule has 1 aliphatic heterocycles. The van der Waals surface area contributed by atoms with Crippen molar-refractivity contribution in [3.63, 3.8) is 0 Å². The minimum absolute atomic E-state index is 0.0458. The van der Waals surface area contributed by atoms with E-state index in [0.29, 0.717) is 25.9 Å². The summed E-state index contributed by atoms with van der Waals surface area (Å²) >= 11 is 0. The Kier molecular flexibility index (Phi) is 6.50. The van der Waals surface area contributed by atoms with Gasteiger partial charge in [0.2, 0.25) is 5.91 Å². The number of amides is 2. The lowest BCUT2D eigenvalue weighted by Crippen LogP contribution is -2.41. The van der Waals surface area contributed by atoms with Gasteiger partial charge in [-0.3, -0.25) is 9.59 Å². The van der Waals surface area contributed by atoms with Crippen LogP contribution in [0.3, 0.4) is 0 Å². The fourth-order valence-electron chi connectivity index (χ4n) is 3.96. The summed E-state index contributed by atoms with van der Waals surface area (Å²) in [5, 5.41) is 3.19. The van der Waals surface area contributed by atoms with Crippen LogP contribution in [0, 0.1) is 12.8 Å². The number of anilines is 1. The zero-order valence-electron chi connectivity index (χ0n) is 17.1. The first-order chi connectivity index (χ1) is 13.5. The van der Waals surface area contributed by atoms with Crippen LogP contribution in [-0.2, 0) is 17.6 Å². The molecule has 4 heteroatoms. The second-order valence-corrected chi connectivity index (χ2v) is 7.53. The number of para-hydroxylation sites is 1. The molecule has 0 atom stereocenters. The molecule has 0 aromatic heterocycles. The van der Waals surface area contributed by atoms with Crippen molar-refractivity contribution < 1.29 is 9.59 Å². The number of piperidine rings is 1. The number of rotatable bonds is 5. The number of likely N-dealkylation sites (tertiary alicyclic amines) is 1. The van der Waals surface area contributed by atoms with Crippen LogP contribution >= 0.6 is 0 Å². The minimum atomic E-state index is -0.0458. The Morgan fingerprint density at radius 1 is 0.964 bits per heavy atom. The van der Waals surface area contributed by atoms with Crippen LogP contribution in [0.25, 0.3) is 0 Å². The summed E-state index contributed by atoms with van der Waals surface area (Å²) in [4.78, 5) is 27.5. The molecule has 0 saturated carbocycles. The SMILES string of the molecule is CCc1cccc(CC)c1NC(=O)C1CCN(C(=O)c2ccccc2C)CC1. The molecule has 0 unspecified atom stereocenters. The number of carbonyl (C=O) groups excluding carboxylic acids is 2. The summed E-state index contributed by atoms with van der Waals surface area (Å²) in [5.74, 6) is 0.107. The van der Waals surface area contributed by atoms with Crippen LogP contribution < -0.4 is 5.32 Å². The van der Waals surface area contributed by atoms with Crippen molar-refractivity contribution in [1.29, 1.82) is 0 Å². The standard InChI is InChI=1S/C24H30N2O2/c1-4-18-10-8-11-19(5-2)22(18)25-23(27)20-13-15-26(16-14-20)24(28)21-12-7-6-9-17(21)3/h6-12,20H,4-5,13-16H2,1-3H3,(H,25,27). The number of benzene rings is 2. The van der Waals surface area contributed by atoms with Gasteiger partial charge < -0.3 is 10.2 Å². The zero-order valence-corrected chi connectivity index (χ0v) is 17.1. The van der Waals surface area contributed by atoms with Crippen LogP contribution in [0.2, 0.25) is 0 Å². The summed E-state index contributed by atoms with van der Waals surface area (Å²) in [5.41, 5.74) is 5.10. The highest BCUT2D eigenvalue weighted by Crippen LogP contribution is 2.26. The largest absolute Gasteiger partial charge is 0.339 e. The van der Waals surface area contributed by atoms with Crippen LogP contribution in [-0.4, -0.2) is 29.8 Å². The molecular formula is C24H30N2O2. The predicted octanol–water partition coefficient (Wildman–Crippen LogP) is 4.61. The van der Waals surface area contributed by atoms with E-state index >= 15 is 0 Å². The van der Waals surface area contributed by atoms with Crippen molar-refractivity contribution in [2.45, 2.75) is 46.5 Å². The van der Waals surface area contributed by atoms with E-state index < -0.39 is 0 Å². The van der Waals surface area contributed by atoms with E-state index in [0.717, 1.165) is 29.7 Å². The topological polar surface area (TPSA) is 49.4 Å². The average Bonchev–Trinajstić information content (AvgIpc) is 2.73. The fraction of sp³-hybridized carbons (Fsp3) is 0.417. The third kappa shape index (κ3) is 4.27. The molecule has 148 valence electrons. The van der Waals surface area contributed by atoms with Crippen molar-refractivity contribution in [3.8, 4) is 0 Å². The van der Waals surface area contributed by atoms with Crippen molar-refractivity contribution in [2.75, 3.05) is 18.4 Å². The fourth-order valence-corrected chi connectivity index (χ4v) is 3.96. The van der Waals surface area contributed by atoms with Gasteiger partial charge in [-0.05, 0) is 55.4 Å². The Hall–Kier alpha value is -2.62. The van der Waals surface area contributed by atoms with Gasteiger partial charge in [-0.2, -0.15) is 0 Å². The Bertz CT molecular complexity index is 829. The lowest BCUT2D eigenvalue weighted by molar-refractivity contribution is -0.121. The van der Waals surface area contributed by atoms with Gasteiger partial charge in [0.1, 0.15) is 0 Å². The van der Waals surface area contributed by atoms with Gasteiger partial charge >= 0.3 is 0 Å². The van der Waals surface area contributed by atoms with Gasteiger partial charge in [0.05, 0.1) is 0 Å². The summed E-state index contributed by atoms with van der Waals surface area (Å²) in [6.45, 7) is 7.44. The Balaban J connectivity index is 1.63. The molecule has 0 radical (unpaired) electrons. The second-order valence-electron chi connectivity index (χ2n) is 7.53. The molecule has 1 saturated heterocycles. The predicted molar refractivity (Wildman–Crippen MR) is 114 cm³/mol. The molecule has 0 bridgehead atoms. The van der Waals surface area contributed by atoms with E-state index in [4.69, 9.17) is 0 Å². The van der Waals surface area contributed by atoms with E-state index in [1.807, 2.05) is 36.1 Å². The maximum atomic E-state index is 12.9. The number of nitrogens with one attached hydrogen (secondary N) is 1. The van der Waals surface area contributed by atoms with Gasteiger partial charge in [0, 0.05) is 30.3 Å². The van der Waals surface area contributed by atoms with E-state index in [1.54, 1.807) is 0 Å². The summed E-state index contributed by atoms with van der Waals surface area (Å²) in [7, 11) is 0. The van der Waals surface area contributed by atoms with Gasteiger partial charge in [-0.25, -0.2) is 0 Å². The van der Waals surface area contributed by atoms with E-state index in [2.05, 4.69) is 37.4 Å². The number of aryl methyl sites for hydroxylation is 3. The highest BCUT2D eigenvalue weighted by molar-refractivity contribution is 5.96. The maximum Gasteiger partial charge on any atom is 0.254 e. The lowest BCUT2D eigenvalue weighted by atomic mass is 9.94. The first-order valence-corrected chi connectivity index (χ1v) is 10.3. The molecule has 4 nitrogen and oxygen atoms in total. The molecule has 1 aliphatic rings. The van der Waals surface area contributed by atoms with E-state index in [9.17, 15) is 9.59 Å². The zero-order chi connectivity index (χ0) is 20.1. The molecule has 2 amide bonds. The quantitative estimate of drug-likeness (QED) is 0.826. The van der Waals surface area contributed by atoms with Crippen LogP contribution in [0.1, 0.15) is 53.7 Å². The summed E-state index contributed by atoms with van der Waals surface area (Å²) in [6.07, 6.45) is 3.21. The molecule has 1 N–H and O–H groups in total. The van der Waals surface area contributed by atoms with Crippen LogP contribution in [0.5, 0.6) is 0 Å². The number of hydrogen-bond acceptors (Lipinski definition) is 2. The van der Waals surface area contributed by atoms with E-state index in [-0.39, 0.29) is 17.7 Å². The molecule has 0 aliphatic carbocycles. The molecule has 0 spiro atoms. The molecule has 1 heterocycles. The highest BCUT2D eigenvalue weighted by atomic mass is 16.2. The van der Waals surface area contributed by atoms with Gasteiger partial charge in [-0.15, -0.1) is 0 Å². The number of nitrogens with zero attached hydrogens (tertiary/aromatic N) is 1. The van der Waals surface area contributed by atoms with Crippen molar-refractivity contribution >= 4 is 17.5 Å². The van der Waals surface area contributed by atoms with E-state index in [1.165, 1.54) is 11.1 Å². The highest BCUT2D eigenvalue weighted by Gasteiger charge is 2.28. The van der Waals surface area contributed by atoms with Gasteiger partial charge in [-0.1, -0.05) is 50.2 Å². The van der Waals surface area contributed by atoms with Crippen molar-refractivity contribution in [1.82, 2.24) is 4.90 Å². The Morgan fingerprint density at radius 3 is 2.14 bits per heavy atom. The summed E-state index contributed by atoms with van der Waals surface area (Å²) in [6, 6.07) is 13.9. The molecule has 2 aromatic rings. The first-order valence-electron chi connectivity index (χ1n) is 10.3. The third-order valence-electron chi connectivity index (χ3n) is 5.78. The van der Waals surface area contributed by atoms with Gasteiger partial charge in [0.15, 0.2) is 0 Å². The normalized spacial score (nSPS) is 14.8. The molecule has 1 fully saturated rings. The molecule has 28 heavy (non-hydrogen) atoms. The number of hydrogen-bond donors (Lipinski definition) is 1. The van der Waals surface area contributed by atoms with Crippen molar-refractivity contribution in [2.24, 2.45) is 5.92 Å². The molecular weight excluding hydrogens is 348 g/mol. The maximum absolute atomic E-state index is 12.9. The summed E-state index contributed by atoms with van der Waals surface area (Å²) < 4.78 is 0. The Morgan fingerprint density at radius 2 is 1.57 bits per heavy atom. The molecule has 3 rings (SSSR count). The lowest BCUT2D eigenvalue weighted by Gasteiger charge is -2.32. The van der Waals surface area contributed by atoms with Crippen LogP contribution in [0.15, 0.2) is 42.5 Å². The Labute approximate surface area is 167 Å². The first kappa shape index (κ1) is 20.1. The van der Waals surface area contributed by atoms with Gasteiger partial charge in [0.25, 0.3) is 5.91 Å². The number of carbonyl (C=O) groups is 2. The van der Waals surface area contributed by atoms with Crippen LogP contribution in [0.4, 0.5) is 5.69 Å². The monoisotopic (exact) mass is 378 g/mol. The smallest absolute Gasteiger partial charge is 0.254 e. The van der Waals surface area contributed by atoms with Crippen molar-refractivity contribution in [3.05, 3.63) is 64.7 Å². The second kappa shape index (κ2) is 9.05. The molecule has 2 aromatic carbocycles.